The van der Waals surface area contributed by atoms with Crippen LogP contribution < -0.4 is 0 Å². The van der Waals surface area contributed by atoms with Crippen LogP contribution in [0.4, 0.5) is 0 Å². The first kappa shape index (κ1) is 14.3. The summed E-state index contributed by atoms with van der Waals surface area (Å²) in [6.07, 6.45) is 4.24. The predicted molar refractivity (Wildman–Crippen MR) is 78.0 cm³/mol. The summed E-state index contributed by atoms with van der Waals surface area (Å²) in [6, 6.07) is 6.96. The van der Waals surface area contributed by atoms with E-state index in [1.165, 1.54) is 4.90 Å². The van der Waals surface area contributed by atoms with Crippen LogP contribution in [0.5, 0.6) is 0 Å². The van der Waals surface area contributed by atoms with Gasteiger partial charge in [-0.05, 0) is 25.0 Å². The van der Waals surface area contributed by atoms with Crippen molar-refractivity contribution in [3.63, 3.8) is 0 Å². The molecule has 0 atom stereocenters. The highest BCUT2D eigenvalue weighted by molar-refractivity contribution is 6.21. The Balaban J connectivity index is 1.85. The lowest BCUT2D eigenvalue weighted by molar-refractivity contribution is 0.0653. The van der Waals surface area contributed by atoms with Gasteiger partial charge >= 0.3 is 0 Å². The molecule has 0 aromatic heterocycles. The average Bonchev–Trinajstić information content (AvgIpc) is 2.71. The lowest BCUT2D eigenvalue weighted by Crippen LogP contribution is -2.30. The molecule has 0 saturated heterocycles. The molecule has 1 aliphatic heterocycles. The molecule has 1 aliphatic rings. The Kier molecular flexibility index (Phi) is 4.95. The molecule has 3 nitrogen and oxygen atoms in total. The molecular weight excluding hydrogens is 250 g/mol. The quantitative estimate of drug-likeness (QED) is 0.467. The molecule has 0 N–H and O–H groups in total. The van der Waals surface area contributed by atoms with Gasteiger partial charge < -0.3 is 0 Å². The summed E-state index contributed by atoms with van der Waals surface area (Å²) in [5.41, 5.74) is 1.03. The van der Waals surface area contributed by atoms with E-state index in [-0.39, 0.29) is 11.8 Å². The standard InChI is InChI=1S/C17H18NO2/c1-2-3-4-5-6-7-10-13-18-16(19)14-11-8-9-12-15(14)17(18)20/h8-9,11-12H,1-4,7,10,13H2. The number of unbranched alkanes of at least 4 members (excludes halogenated alkanes) is 3. The third-order valence-corrected chi connectivity index (χ3v) is 3.24. The number of hydrogen-bond donors (Lipinski definition) is 0. The van der Waals surface area contributed by atoms with Gasteiger partial charge in [0.15, 0.2) is 0 Å². The van der Waals surface area contributed by atoms with Crippen molar-refractivity contribution in [1.29, 1.82) is 0 Å². The largest absolute Gasteiger partial charge is 0.274 e. The normalized spacial score (nSPS) is 13.2. The molecular formula is C17H18NO2. The Hall–Kier alpha value is -2.08. The fraction of sp³-hybridized carbons (Fsp3) is 0.353. The molecule has 3 heteroatoms. The van der Waals surface area contributed by atoms with Gasteiger partial charge in [0, 0.05) is 19.4 Å². The van der Waals surface area contributed by atoms with E-state index in [2.05, 4.69) is 18.8 Å². The highest BCUT2D eigenvalue weighted by atomic mass is 16.2. The van der Waals surface area contributed by atoms with Crippen LogP contribution in [0.3, 0.4) is 0 Å². The Labute approximate surface area is 120 Å². The highest BCUT2D eigenvalue weighted by Gasteiger charge is 2.34. The zero-order valence-electron chi connectivity index (χ0n) is 11.5. The Bertz CT molecular complexity index is 531. The van der Waals surface area contributed by atoms with Gasteiger partial charge in [0.2, 0.25) is 0 Å². The lowest BCUT2D eigenvalue weighted by atomic mass is 10.1. The molecule has 0 spiro atoms. The monoisotopic (exact) mass is 268 g/mol. The van der Waals surface area contributed by atoms with E-state index in [4.69, 9.17) is 0 Å². The first-order valence-corrected chi connectivity index (χ1v) is 6.96. The maximum Gasteiger partial charge on any atom is 0.261 e. The maximum atomic E-state index is 12.1. The van der Waals surface area contributed by atoms with E-state index >= 15 is 0 Å². The summed E-state index contributed by atoms with van der Waals surface area (Å²) < 4.78 is 0. The molecule has 0 bridgehead atoms. The number of hydrogen-bond acceptors (Lipinski definition) is 2. The summed E-state index contributed by atoms with van der Waals surface area (Å²) in [6.45, 7) is 4.20. The van der Waals surface area contributed by atoms with Crippen LogP contribution >= 0.6 is 0 Å². The molecule has 0 saturated carbocycles. The van der Waals surface area contributed by atoms with Crippen molar-refractivity contribution in [1.82, 2.24) is 4.90 Å². The summed E-state index contributed by atoms with van der Waals surface area (Å²) in [5.74, 6) is 5.77. The first-order chi connectivity index (χ1) is 9.75. The Morgan fingerprint density at radius 2 is 1.50 bits per heavy atom. The third kappa shape index (κ3) is 3.08. The summed E-state index contributed by atoms with van der Waals surface area (Å²) in [5, 5.41) is 0. The van der Waals surface area contributed by atoms with Crippen LogP contribution in [-0.2, 0) is 0 Å². The van der Waals surface area contributed by atoms with Crippen LogP contribution in [-0.4, -0.2) is 23.3 Å². The predicted octanol–water partition coefficient (Wildman–Crippen LogP) is 3.07. The average molecular weight is 268 g/mol. The molecule has 2 rings (SSSR count). The molecule has 103 valence electrons. The van der Waals surface area contributed by atoms with Gasteiger partial charge in [0.05, 0.1) is 11.1 Å². The zero-order valence-corrected chi connectivity index (χ0v) is 11.5. The van der Waals surface area contributed by atoms with Crippen molar-refractivity contribution >= 4 is 11.8 Å². The summed E-state index contributed by atoms with van der Waals surface area (Å²) in [4.78, 5) is 25.5. The van der Waals surface area contributed by atoms with Gasteiger partial charge in [-0.25, -0.2) is 0 Å². The van der Waals surface area contributed by atoms with Crippen molar-refractivity contribution in [2.75, 3.05) is 6.54 Å². The van der Waals surface area contributed by atoms with E-state index in [1.807, 2.05) is 0 Å². The van der Waals surface area contributed by atoms with Crippen molar-refractivity contribution in [2.45, 2.75) is 32.1 Å². The number of fused-ring (bicyclic) bond motifs is 1. The molecule has 20 heavy (non-hydrogen) atoms. The Morgan fingerprint density at radius 3 is 2.05 bits per heavy atom. The van der Waals surface area contributed by atoms with E-state index in [9.17, 15) is 9.59 Å². The third-order valence-electron chi connectivity index (χ3n) is 3.24. The van der Waals surface area contributed by atoms with Gasteiger partial charge in [-0.3, -0.25) is 14.5 Å². The number of carbonyl (C=O) groups excluding carboxylic acids is 2. The van der Waals surface area contributed by atoms with E-state index in [0.717, 1.165) is 25.7 Å². The zero-order chi connectivity index (χ0) is 14.4. The molecule has 0 aliphatic carbocycles. The second-order valence-electron chi connectivity index (χ2n) is 4.72. The van der Waals surface area contributed by atoms with E-state index in [0.29, 0.717) is 24.1 Å². The summed E-state index contributed by atoms with van der Waals surface area (Å²) >= 11 is 0. The number of carbonyl (C=O) groups is 2. The van der Waals surface area contributed by atoms with E-state index < -0.39 is 0 Å². The van der Waals surface area contributed by atoms with Gasteiger partial charge in [0.1, 0.15) is 0 Å². The first-order valence-electron chi connectivity index (χ1n) is 6.96. The minimum absolute atomic E-state index is 0.185. The number of benzene rings is 1. The molecule has 1 aromatic rings. The minimum Gasteiger partial charge on any atom is -0.274 e. The van der Waals surface area contributed by atoms with Crippen LogP contribution in [0.2, 0.25) is 0 Å². The van der Waals surface area contributed by atoms with Gasteiger partial charge in [-0.1, -0.05) is 25.5 Å². The molecule has 1 aromatic carbocycles. The van der Waals surface area contributed by atoms with Crippen LogP contribution in [0.15, 0.2) is 24.3 Å². The van der Waals surface area contributed by atoms with Gasteiger partial charge in [0.25, 0.3) is 11.8 Å². The topological polar surface area (TPSA) is 37.4 Å². The van der Waals surface area contributed by atoms with Gasteiger partial charge in [-0.15, -0.1) is 11.8 Å². The number of imide groups is 1. The lowest BCUT2D eigenvalue weighted by Gasteiger charge is -2.12. The number of rotatable bonds is 5. The molecule has 1 radical (unpaired) electrons. The Morgan fingerprint density at radius 1 is 0.950 bits per heavy atom. The van der Waals surface area contributed by atoms with Crippen LogP contribution in [0.25, 0.3) is 0 Å². The molecule has 1 heterocycles. The SMILES string of the molecule is [CH2]CCCC#CCCCN1C(=O)c2ccccc2C1=O. The second-order valence-corrected chi connectivity index (χ2v) is 4.72. The molecule has 2 amide bonds. The highest BCUT2D eigenvalue weighted by Crippen LogP contribution is 2.22. The maximum absolute atomic E-state index is 12.1. The fourth-order valence-electron chi connectivity index (χ4n) is 2.16. The minimum atomic E-state index is -0.185. The van der Waals surface area contributed by atoms with Crippen LogP contribution in [0, 0.1) is 18.8 Å². The number of nitrogens with zero attached hydrogens (tertiary/aromatic N) is 1. The van der Waals surface area contributed by atoms with Crippen molar-refractivity contribution in [2.24, 2.45) is 0 Å². The fourth-order valence-corrected chi connectivity index (χ4v) is 2.16. The van der Waals surface area contributed by atoms with E-state index in [1.54, 1.807) is 24.3 Å². The number of amides is 2. The van der Waals surface area contributed by atoms with Crippen molar-refractivity contribution < 1.29 is 9.59 Å². The summed E-state index contributed by atoms with van der Waals surface area (Å²) in [7, 11) is 0. The van der Waals surface area contributed by atoms with Crippen LogP contribution in [0.1, 0.15) is 52.8 Å². The van der Waals surface area contributed by atoms with Crippen molar-refractivity contribution in [3.8, 4) is 11.8 Å². The van der Waals surface area contributed by atoms with Gasteiger partial charge in [-0.2, -0.15) is 0 Å². The molecule has 0 fully saturated rings. The van der Waals surface area contributed by atoms with Crippen molar-refractivity contribution in [3.05, 3.63) is 42.3 Å². The second kappa shape index (κ2) is 6.91. The smallest absolute Gasteiger partial charge is 0.261 e. The molecule has 0 unspecified atom stereocenters.